The summed E-state index contributed by atoms with van der Waals surface area (Å²) in [6.45, 7) is 1.76. The van der Waals surface area contributed by atoms with E-state index in [4.69, 9.17) is 0 Å². The van der Waals surface area contributed by atoms with Crippen LogP contribution in [0.2, 0.25) is 0 Å². The van der Waals surface area contributed by atoms with Gasteiger partial charge in [0.05, 0.1) is 0 Å². The monoisotopic (exact) mass is 376 g/mol. The number of hydrogen-bond donors (Lipinski definition) is 0. The van der Waals surface area contributed by atoms with Crippen LogP contribution in [0.1, 0.15) is 22.9 Å². The Labute approximate surface area is 172 Å². The highest BCUT2D eigenvalue weighted by Gasteiger charge is 2.33. The van der Waals surface area contributed by atoms with Gasteiger partial charge in [-0.2, -0.15) is 0 Å². The van der Waals surface area contributed by atoms with E-state index in [9.17, 15) is 0 Å². The van der Waals surface area contributed by atoms with Gasteiger partial charge in [-0.1, -0.05) is 97.1 Å². The molecular formula is C27H24N2. The Morgan fingerprint density at radius 1 is 0.621 bits per heavy atom. The molecule has 0 amide bonds. The van der Waals surface area contributed by atoms with Crippen molar-refractivity contribution in [1.82, 2.24) is 0 Å². The zero-order chi connectivity index (χ0) is 19.5. The van der Waals surface area contributed by atoms with Crippen molar-refractivity contribution in [3.05, 3.63) is 132 Å². The smallest absolute Gasteiger partial charge is 0.129 e. The largest absolute Gasteiger partial charge is 0.343 e. The SMILES string of the molecule is c1ccc(CN2c3ccccc3CN(c3ccccc3)C2c2ccccc2)cc1. The highest BCUT2D eigenvalue weighted by atomic mass is 15.4. The number of hydrogen-bond acceptors (Lipinski definition) is 2. The topological polar surface area (TPSA) is 6.48 Å². The average Bonchev–Trinajstić information content (AvgIpc) is 2.81. The summed E-state index contributed by atoms with van der Waals surface area (Å²) in [4.78, 5) is 5.05. The van der Waals surface area contributed by atoms with Crippen LogP contribution in [-0.2, 0) is 13.1 Å². The lowest BCUT2D eigenvalue weighted by molar-refractivity contribution is 0.543. The predicted molar refractivity (Wildman–Crippen MR) is 121 cm³/mol. The molecule has 0 N–H and O–H groups in total. The lowest BCUT2D eigenvalue weighted by Crippen LogP contribution is -2.45. The second-order valence-corrected chi connectivity index (χ2v) is 7.49. The van der Waals surface area contributed by atoms with Gasteiger partial charge in [0.25, 0.3) is 0 Å². The molecule has 1 heterocycles. The molecule has 0 spiro atoms. The van der Waals surface area contributed by atoms with Gasteiger partial charge in [0.15, 0.2) is 0 Å². The van der Waals surface area contributed by atoms with Crippen molar-refractivity contribution >= 4 is 11.4 Å². The van der Waals surface area contributed by atoms with Gasteiger partial charge in [-0.05, 0) is 34.9 Å². The van der Waals surface area contributed by atoms with Gasteiger partial charge in [0.1, 0.15) is 6.17 Å². The minimum atomic E-state index is 0.133. The minimum Gasteiger partial charge on any atom is -0.343 e. The van der Waals surface area contributed by atoms with Crippen molar-refractivity contribution in [3.8, 4) is 0 Å². The Morgan fingerprint density at radius 2 is 1.21 bits per heavy atom. The fraction of sp³-hybridized carbons (Fsp3) is 0.111. The molecule has 0 saturated carbocycles. The molecule has 2 nitrogen and oxygen atoms in total. The number of para-hydroxylation sites is 2. The molecule has 142 valence electrons. The van der Waals surface area contributed by atoms with Gasteiger partial charge >= 0.3 is 0 Å². The quantitative estimate of drug-likeness (QED) is 0.406. The van der Waals surface area contributed by atoms with E-state index in [0.717, 1.165) is 13.1 Å². The Morgan fingerprint density at radius 3 is 1.93 bits per heavy atom. The molecule has 1 unspecified atom stereocenters. The number of benzene rings is 4. The van der Waals surface area contributed by atoms with Crippen molar-refractivity contribution in [2.45, 2.75) is 19.3 Å². The second kappa shape index (κ2) is 7.84. The molecule has 2 heteroatoms. The maximum absolute atomic E-state index is 2.54. The summed E-state index contributed by atoms with van der Waals surface area (Å²) in [6, 6.07) is 41.2. The van der Waals surface area contributed by atoms with Gasteiger partial charge in [0, 0.05) is 24.5 Å². The predicted octanol–water partition coefficient (Wildman–Crippen LogP) is 6.41. The maximum atomic E-state index is 2.54. The van der Waals surface area contributed by atoms with E-state index in [-0.39, 0.29) is 6.17 Å². The first-order chi connectivity index (χ1) is 14.4. The lowest BCUT2D eigenvalue weighted by Gasteiger charge is -2.47. The third-order valence-corrected chi connectivity index (χ3v) is 5.61. The third-order valence-electron chi connectivity index (χ3n) is 5.61. The number of rotatable bonds is 4. The van der Waals surface area contributed by atoms with Crippen LogP contribution in [0.4, 0.5) is 11.4 Å². The molecule has 0 bridgehead atoms. The molecular weight excluding hydrogens is 352 g/mol. The third kappa shape index (κ3) is 3.50. The van der Waals surface area contributed by atoms with Gasteiger partial charge in [0.2, 0.25) is 0 Å². The Hall–Kier alpha value is -3.52. The molecule has 1 aliphatic heterocycles. The van der Waals surface area contributed by atoms with Crippen molar-refractivity contribution in [1.29, 1.82) is 0 Å². The van der Waals surface area contributed by atoms with E-state index in [1.54, 1.807) is 0 Å². The maximum Gasteiger partial charge on any atom is 0.129 e. The minimum absolute atomic E-state index is 0.133. The summed E-state index contributed by atoms with van der Waals surface area (Å²) in [5, 5.41) is 0. The van der Waals surface area contributed by atoms with Crippen molar-refractivity contribution in [2.75, 3.05) is 9.80 Å². The summed E-state index contributed by atoms with van der Waals surface area (Å²) < 4.78 is 0. The van der Waals surface area contributed by atoms with Gasteiger partial charge < -0.3 is 9.80 Å². The zero-order valence-corrected chi connectivity index (χ0v) is 16.4. The summed E-state index contributed by atoms with van der Waals surface area (Å²) in [5.74, 6) is 0. The van der Waals surface area contributed by atoms with E-state index >= 15 is 0 Å². The van der Waals surface area contributed by atoms with Crippen LogP contribution in [0, 0.1) is 0 Å². The molecule has 5 rings (SSSR count). The molecule has 1 aliphatic rings. The molecule has 4 aromatic rings. The van der Waals surface area contributed by atoms with Crippen LogP contribution in [0.3, 0.4) is 0 Å². The second-order valence-electron chi connectivity index (χ2n) is 7.49. The van der Waals surface area contributed by atoms with Crippen LogP contribution in [-0.4, -0.2) is 0 Å². The Kier molecular flexibility index (Phi) is 4.75. The molecule has 4 aromatic carbocycles. The first kappa shape index (κ1) is 17.6. The van der Waals surface area contributed by atoms with E-state index in [1.807, 2.05) is 0 Å². The van der Waals surface area contributed by atoms with Crippen LogP contribution in [0.25, 0.3) is 0 Å². The van der Waals surface area contributed by atoms with E-state index in [0.29, 0.717) is 0 Å². The van der Waals surface area contributed by atoms with Gasteiger partial charge in [-0.3, -0.25) is 0 Å². The van der Waals surface area contributed by atoms with Crippen LogP contribution in [0.15, 0.2) is 115 Å². The molecule has 0 aliphatic carbocycles. The van der Waals surface area contributed by atoms with Crippen molar-refractivity contribution in [3.63, 3.8) is 0 Å². The Bertz CT molecular complexity index is 1060. The van der Waals surface area contributed by atoms with Crippen molar-refractivity contribution in [2.24, 2.45) is 0 Å². The molecule has 0 aromatic heterocycles. The normalized spacial score (nSPS) is 15.8. The summed E-state index contributed by atoms with van der Waals surface area (Å²) in [5.41, 5.74) is 6.55. The Balaban J connectivity index is 1.67. The lowest BCUT2D eigenvalue weighted by atomic mass is 10.00. The van der Waals surface area contributed by atoms with Crippen LogP contribution >= 0.6 is 0 Å². The summed E-state index contributed by atoms with van der Waals surface area (Å²) >= 11 is 0. The van der Waals surface area contributed by atoms with E-state index in [1.165, 1.54) is 28.1 Å². The van der Waals surface area contributed by atoms with E-state index < -0.39 is 0 Å². The highest BCUT2D eigenvalue weighted by molar-refractivity contribution is 5.64. The molecule has 0 fully saturated rings. The highest BCUT2D eigenvalue weighted by Crippen LogP contribution is 2.42. The standard InChI is InChI=1S/C27H24N2/c1-4-12-22(13-5-1)20-29-26-19-11-10-16-24(26)21-28(25-17-8-3-9-18-25)27(29)23-14-6-2-7-15-23/h1-19,27H,20-21H2. The average molecular weight is 377 g/mol. The molecule has 0 saturated heterocycles. The first-order valence-corrected chi connectivity index (χ1v) is 10.2. The molecule has 29 heavy (non-hydrogen) atoms. The fourth-order valence-electron chi connectivity index (χ4n) is 4.28. The zero-order valence-electron chi connectivity index (χ0n) is 16.4. The summed E-state index contributed by atoms with van der Waals surface area (Å²) in [7, 11) is 0. The fourth-order valence-corrected chi connectivity index (χ4v) is 4.28. The van der Waals surface area contributed by atoms with E-state index in [2.05, 4.69) is 125 Å². The van der Waals surface area contributed by atoms with Gasteiger partial charge in [-0.15, -0.1) is 0 Å². The molecule has 1 atom stereocenters. The molecule has 0 radical (unpaired) electrons. The number of nitrogens with zero attached hydrogens (tertiary/aromatic N) is 2. The summed E-state index contributed by atoms with van der Waals surface area (Å²) in [6.07, 6.45) is 0.133. The van der Waals surface area contributed by atoms with Crippen molar-refractivity contribution < 1.29 is 0 Å². The van der Waals surface area contributed by atoms with Gasteiger partial charge in [-0.25, -0.2) is 0 Å². The van der Waals surface area contributed by atoms with Crippen LogP contribution < -0.4 is 9.80 Å². The first-order valence-electron chi connectivity index (χ1n) is 10.2. The number of fused-ring (bicyclic) bond motifs is 1. The number of anilines is 2. The van der Waals surface area contributed by atoms with Crippen LogP contribution in [0.5, 0.6) is 0 Å².